The highest BCUT2D eigenvalue weighted by Gasteiger charge is 2.09. The fraction of sp³-hybridized carbons (Fsp3) is 0.0609. The highest BCUT2D eigenvalue weighted by molar-refractivity contribution is 5.84. The van der Waals surface area contributed by atoms with Gasteiger partial charge in [0.25, 0.3) is 0 Å². The molecule has 18 aromatic carbocycles. The van der Waals surface area contributed by atoms with Crippen LogP contribution in [0.3, 0.4) is 0 Å². The van der Waals surface area contributed by atoms with Crippen molar-refractivity contribution in [3.05, 3.63) is 518 Å². The van der Waals surface area contributed by atoms with Crippen LogP contribution in [0.1, 0.15) is 38.9 Å². The van der Waals surface area contributed by atoms with Crippen LogP contribution in [0.2, 0.25) is 0 Å². The fourth-order valence-corrected chi connectivity index (χ4v) is 13.5. The Labute approximate surface area is 684 Å². The van der Waals surface area contributed by atoms with Crippen molar-refractivity contribution in [2.24, 2.45) is 0 Å². The standard InChI is InChI=1S/4C19H16.3C13H12/c1-15-7-5-6-10-19(15)18-13-11-17(12-14-18)16-8-3-2-4-9-16;1-15-6-5-9-19(14-15)18-12-10-17(11-13-18)16-7-3-2-4-8-16;1-15-11-13-17(14-12-15)19-10-6-5-9-18(19)16-7-3-2-4-8-16;1-15-7-9-17(10-8-15)19-13-11-18(12-14-19)16-5-3-2-4-6-16;2*1-11-6-5-9-13(10-11)12-7-3-2-4-8-12;1-11-7-9-13(10-8-11)12-5-3-2-4-6-12/h4*2-14H,1H3;3*2-10H,1H3. The van der Waals surface area contributed by atoms with Crippen LogP contribution >= 0.6 is 0 Å². The molecule has 0 bridgehead atoms. The zero-order chi connectivity index (χ0) is 79.6. The van der Waals surface area contributed by atoms with E-state index in [1.54, 1.807) is 0 Å². The van der Waals surface area contributed by atoms with Gasteiger partial charge in [0.05, 0.1) is 0 Å². The highest BCUT2D eigenvalue weighted by Crippen LogP contribution is 2.34. The summed E-state index contributed by atoms with van der Waals surface area (Å²) in [6, 6.07) is 168. The quantitative estimate of drug-likeness (QED) is 0.121. The van der Waals surface area contributed by atoms with Crippen LogP contribution in [0.15, 0.2) is 479 Å². The summed E-state index contributed by atoms with van der Waals surface area (Å²) in [5.74, 6) is 0. The minimum atomic E-state index is 1.26. The normalized spacial score (nSPS) is 10.2. The molecule has 0 radical (unpaired) electrons. The molecule has 0 aliphatic rings. The Morgan fingerprint density at radius 2 is 0.252 bits per heavy atom. The number of rotatable bonds is 11. The van der Waals surface area contributed by atoms with E-state index < -0.39 is 0 Å². The van der Waals surface area contributed by atoms with Crippen LogP contribution < -0.4 is 0 Å². The third-order valence-corrected chi connectivity index (χ3v) is 20.0. The average Bonchev–Trinajstić information content (AvgIpc) is 0.809. The topological polar surface area (TPSA) is 0 Å². The molecule has 0 unspecified atom stereocenters. The maximum atomic E-state index is 2.22. The Hall–Kier alpha value is -14.0. The van der Waals surface area contributed by atoms with Gasteiger partial charge in [-0.25, -0.2) is 0 Å². The molecule has 0 aromatic heterocycles. The van der Waals surface area contributed by atoms with Crippen molar-refractivity contribution in [3.63, 3.8) is 0 Å². The van der Waals surface area contributed by atoms with Gasteiger partial charge >= 0.3 is 0 Å². The van der Waals surface area contributed by atoms with Gasteiger partial charge in [-0.05, 0) is 176 Å². The van der Waals surface area contributed by atoms with Crippen LogP contribution in [0.25, 0.3) is 122 Å². The van der Waals surface area contributed by atoms with Gasteiger partial charge in [0.15, 0.2) is 0 Å². The zero-order valence-corrected chi connectivity index (χ0v) is 67.1. The first kappa shape index (κ1) is 80.5. The second-order valence-electron chi connectivity index (χ2n) is 28.9. The summed E-state index contributed by atoms with van der Waals surface area (Å²) >= 11 is 0. The van der Waals surface area contributed by atoms with E-state index in [2.05, 4.69) is 491 Å². The molecule has 0 atom stereocenters. The predicted octanol–water partition coefficient (Wildman–Crippen LogP) is 32.3. The van der Waals surface area contributed by atoms with Crippen LogP contribution in [-0.2, 0) is 0 Å². The molecule has 0 fully saturated rings. The number of aryl methyl sites for hydroxylation is 7. The van der Waals surface area contributed by atoms with Gasteiger partial charge < -0.3 is 0 Å². The molecule has 560 valence electrons. The molecule has 18 aromatic rings. The van der Waals surface area contributed by atoms with Gasteiger partial charge in [-0.1, -0.05) is 513 Å². The Balaban J connectivity index is 0.000000125. The molecule has 0 spiro atoms. The first-order valence-corrected chi connectivity index (χ1v) is 39.7. The SMILES string of the molecule is Cc1ccc(-c2ccc(-c3ccccc3)cc2)cc1.Cc1ccc(-c2ccccc2)cc1.Cc1ccc(-c2ccccc2-c2ccccc2)cc1.Cc1cccc(-c2ccc(-c3ccccc3)cc2)c1.Cc1cccc(-c2ccccc2)c1.Cc1cccc(-c2ccccc2)c1.Cc1ccccc1-c1ccc(-c2ccccc2)cc1. The summed E-state index contributed by atoms with van der Waals surface area (Å²) in [6.45, 7) is 14.9. The molecule has 18 rings (SSSR count). The third kappa shape index (κ3) is 24.5. The first-order valence-electron chi connectivity index (χ1n) is 39.7. The summed E-state index contributed by atoms with van der Waals surface area (Å²) in [5.41, 5.74) is 37.2. The maximum absolute atomic E-state index is 2.22. The zero-order valence-electron chi connectivity index (χ0n) is 67.1. The smallest absolute Gasteiger partial charge is 0.0105 e. The lowest BCUT2D eigenvalue weighted by Gasteiger charge is -2.10. The largest absolute Gasteiger partial charge is 0.0622 e. The monoisotopic (exact) mass is 1480 g/mol. The van der Waals surface area contributed by atoms with E-state index in [0.29, 0.717) is 0 Å². The van der Waals surface area contributed by atoms with Gasteiger partial charge in [0.2, 0.25) is 0 Å². The number of hydrogen-bond donors (Lipinski definition) is 0. The van der Waals surface area contributed by atoms with Crippen molar-refractivity contribution in [1.82, 2.24) is 0 Å². The van der Waals surface area contributed by atoms with Crippen LogP contribution in [0.5, 0.6) is 0 Å². The van der Waals surface area contributed by atoms with Gasteiger partial charge in [-0.3, -0.25) is 0 Å². The second-order valence-corrected chi connectivity index (χ2v) is 28.9. The van der Waals surface area contributed by atoms with Gasteiger partial charge in [-0.15, -0.1) is 0 Å². The maximum Gasteiger partial charge on any atom is -0.0105 e. The molecule has 0 saturated carbocycles. The van der Waals surface area contributed by atoms with Crippen molar-refractivity contribution < 1.29 is 0 Å². The summed E-state index contributed by atoms with van der Waals surface area (Å²) in [5, 5.41) is 0. The minimum absolute atomic E-state index is 1.26. The molecule has 0 heterocycles. The van der Waals surface area contributed by atoms with Gasteiger partial charge in [0, 0.05) is 0 Å². The summed E-state index contributed by atoms with van der Waals surface area (Å²) < 4.78 is 0. The van der Waals surface area contributed by atoms with Crippen molar-refractivity contribution in [1.29, 1.82) is 0 Å². The number of hydrogen-bond acceptors (Lipinski definition) is 0. The fourth-order valence-electron chi connectivity index (χ4n) is 13.5. The van der Waals surface area contributed by atoms with E-state index >= 15 is 0 Å². The average molecular weight is 1480 g/mol. The molecular weight excluding hydrogens is 1380 g/mol. The Bertz CT molecular complexity index is 5760. The summed E-state index contributed by atoms with van der Waals surface area (Å²) in [4.78, 5) is 0. The molecular formula is C115H100. The van der Waals surface area contributed by atoms with E-state index in [9.17, 15) is 0 Å². The molecule has 0 aliphatic heterocycles. The summed E-state index contributed by atoms with van der Waals surface area (Å²) in [7, 11) is 0. The number of benzene rings is 18. The molecule has 0 saturated heterocycles. The first-order chi connectivity index (χ1) is 56.4. The Kier molecular flexibility index (Phi) is 29.7. The van der Waals surface area contributed by atoms with Crippen molar-refractivity contribution in [2.75, 3.05) is 0 Å². The Morgan fingerprint density at radius 3 is 0.504 bits per heavy atom. The lowest BCUT2D eigenvalue weighted by atomic mass is 9.94. The molecule has 0 aliphatic carbocycles. The predicted molar refractivity (Wildman–Crippen MR) is 498 cm³/mol. The van der Waals surface area contributed by atoms with Crippen LogP contribution in [-0.4, -0.2) is 0 Å². The minimum Gasteiger partial charge on any atom is -0.0622 e. The van der Waals surface area contributed by atoms with E-state index in [1.807, 2.05) is 36.4 Å². The molecule has 0 heteroatoms. The third-order valence-electron chi connectivity index (χ3n) is 20.0. The summed E-state index contributed by atoms with van der Waals surface area (Å²) in [6.07, 6.45) is 0. The van der Waals surface area contributed by atoms with E-state index in [-0.39, 0.29) is 0 Å². The van der Waals surface area contributed by atoms with Crippen molar-refractivity contribution in [2.45, 2.75) is 48.5 Å². The van der Waals surface area contributed by atoms with E-state index in [0.717, 1.165) is 0 Å². The lowest BCUT2D eigenvalue weighted by Crippen LogP contribution is -1.84. The van der Waals surface area contributed by atoms with Gasteiger partial charge in [0.1, 0.15) is 0 Å². The lowest BCUT2D eigenvalue weighted by molar-refractivity contribution is 1.46. The second kappa shape index (κ2) is 42.4. The van der Waals surface area contributed by atoms with Gasteiger partial charge in [-0.2, -0.15) is 0 Å². The van der Waals surface area contributed by atoms with Crippen LogP contribution in [0, 0.1) is 48.5 Å². The van der Waals surface area contributed by atoms with Crippen molar-refractivity contribution in [3.8, 4) is 122 Å². The molecule has 0 N–H and O–H groups in total. The van der Waals surface area contributed by atoms with Crippen molar-refractivity contribution >= 4 is 0 Å². The van der Waals surface area contributed by atoms with E-state index in [1.165, 1.54) is 161 Å². The van der Waals surface area contributed by atoms with E-state index in [4.69, 9.17) is 0 Å². The molecule has 0 nitrogen and oxygen atoms in total. The molecule has 115 heavy (non-hydrogen) atoms. The Morgan fingerprint density at radius 1 is 0.0957 bits per heavy atom. The van der Waals surface area contributed by atoms with Crippen LogP contribution in [0.4, 0.5) is 0 Å². The highest BCUT2D eigenvalue weighted by atomic mass is 14.1. The molecule has 0 amide bonds.